The van der Waals surface area contributed by atoms with Gasteiger partial charge in [-0.3, -0.25) is 4.98 Å². The Hall–Kier alpha value is -2.10. The third-order valence-corrected chi connectivity index (χ3v) is 2.34. The number of aromatic nitrogens is 2. The minimum Gasteiger partial charge on any atom is -0.497 e. The first-order chi connectivity index (χ1) is 7.79. The van der Waals surface area contributed by atoms with Crippen molar-refractivity contribution in [1.29, 1.82) is 0 Å². The van der Waals surface area contributed by atoms with E-state index >= 15 is 0 Å². The van der Waals surface area contributed by atoms with E-state index in [2.05, 4.69) is 9.97 Å². The van der Waals surface area contributed by atoms with Gasteiger partial charge in [0.15, 0.2) is 0 Å². The molecule has 0 spiro atoms. The van der Waals surface area contributed by atoms with Crippen LogP contribution in [0.4, 0.5) is 5.82 Å². The molecule has 2 N–H and O–H groups in total. The molecule has 4 heteroatoms. The molecule has 0 aliphatic heterocycles. The Balaban J connectivity index is 2.18. The molecule has 16 heavy (non-hydrogen) atoms. The monoisotopic (exact) mass is 215 g/mol. The Morgan fingerprint density at radius 3 is 2.44 bits per heavy atom. The summed E-state index contributed by atoms with van der Waals surface area (Å²) in [6, 6.07) is 7.82. The number of ether oxygens (including phenoxy) is 1. The zero-order chi connectivity index (χ0) is 11.4. The zero-order valence-corrected chi connectivity index (χ0v) is 9.05. The largest absolute Gasteiger partial charge is 0.497 e. The average Bonchev–Trinajstić information content (AvgIpc) is 2.33. The number of nitrogen functional groups attached to an aromatic ring is 1. The van der Waals surface area contributed by atoms with Crippen molar-refractivity contribution in [3.63, 3.8) is 0 Å². The van der Waals surface area contributed by atoms with E-state index in [0.717, 1.165) is 17.0 Å². The summed E-state index contributed by atoms with van der Waals surface area (Å²) in [6.45, 7) is 0. The van der Waals surface area contributed by atoms with E-state index in [0.29, 0.717) is 12.2 Å². The molecule has 0 aliphatic carbocycles. The van der Waals surface area contributed by atoms with Gasteiger partial charge in [-0.1, -0.05) is 12.1 Å². The molecule has 0 amide bonds. The highest BCUT2D eigenvalue weighted by Crippen LogP contribution is 2.15. The van der Waals surface area contributed by atoms with E-state index in [4.69, 9.17) is 10.5 Å². The van der Waals surface area contributed by atoms with Crippen molar-refractivity contribution in [2.75, 3.05) is 12.8 Å². The van der Waals surface area contributed by atoms with Gasteiger partial charge in [0.05, 0.1) is 12.8 Å². The van der Waals surface area contributed by atoms with Crippen molar-refractivity contribution in [2.45, 2.75) is 6.42 Å². The molecule has 1 aromatic carbocycles. The second-order valence-electron chi connectivity index (χ2n) is 3.41. The minimum absolute atomic E-state index is 0.485. The highest BCUT2D eigenvalue weighted by molar-refractivity contribution is 5.38. The topological polar surface area (TPSA) is 61.0 Å². The van der Waals surface area contributed by atoms with Crippen LogP contribution in [0.2, 0.25) is 0 Å². The second kappa shape index (κ2) is 4.61. The van der Waals surface area contributed by atoms with Crippen molar-refractivity contribution in [1.82, 2.24) is 9.97 Å². The van der Waals surface area contributed by atoms with Gasteiger partial charge >= 0.3 is 0 Å². The average molecular weight is 215 g/mol. The first-order valence-electron chi connectivity index (χ1n) is 4.98. The number of hydrogen-bond donors (Lipinski definition) is 1. The van der Waals surface area contributed by atoms with Gasteiger partial charge in [0.25, 0.3) is 0 Å². The van der Waals surface area contributed by atoms with E-state index in [1.54, 1.807) is 19.5 Å². The third-order valence-electron chi connectivity index (χ3n) is 2.34. The lowest BCUT2D eigenvalue weighted by Gasteiger charge is -2.04. The molecule has 0 aliphatic rings. The Morgan fingerprint density at radius 1 is 1.12 bits per heavy atom. The molecule has 0 atom stereocenters. The molecule has 0 saturated heterocycles. The van der Waals surface area contributed by atoms with Crippen LogP contribution in [0.3, 0.4) is 0 Å². The SMILES string of the molecule is COc1ccc(Cc2nccnc2N)cc1. The second-order valence-corrected chi connectivity index (χ2v) is 3.41. The quantitative estimate of drug-likeness (QED) is 0.845. The highest BCUT2D eigenvalue weighted by Gasteiger charge is 2.02. The number of hydrogen-bond acceptors (Lipinski definition) is 4. The van der Waals surface area contributed by atoms with Crippen molar-refractivity contribution >= 4 is 5.82 Å². The number of anilines is 1. The van der Waals surface area contributed by atoms with Crippen molar-refractivity contribution in [3.8, 4) is 5.75 Å². The molecule has 2 rings (SSSR count). The predicted molar refractivity (Wildman–Crippen MR) is 62.2 cm³/mol. The molecule has 0 saturated carbocycles. The smallest absolute Gasteiger partial charge is 0.145 e. The first-order valence-corrected chi connectivity index (χ1v) is 4.98. The van der Waals surface area contributed by atoms with E-state index < -0.39 is 0 Å². The molecule has 4 nitrogen and oxygen atoms in total. The lowest BCUT2D eigenvalue weighted by molar-refractivity contribution is 0.414. The van der Waals surface area contributed by atoms with Gasteiger partial charge in [0, 0.05) is 18.8 Å². The van der Waals surface area contributed by atoms with E-state index in [1.807, 2.05) is 24.3 Å². The van der Waals surface area contributed by atoms with Gasteiger partial charge in [-0.15, -0.1) is 0 Å². The summed E-state index contributed by atoms with van der Waals surface area (Å²) in [6.07, 6.45) is 3.92. The molecule has 2 aromatic rings. The lowest BCUT2D eigenvalue weighted by atomic mass is 10.1. The molecular weight excluding hydrogens is 202 g/mol. The Kier molecular flexibility index (Phi) is 3.00. The summed E-state index contributed by atoms with van der Waals surface area (Å²) in [5.41, 5.74) is 7.66. The summed E-state index contributed by atoms with van der Waals surface area (Å²) in [4.78, 5) is 8.20. The highest BCUT2D eigenvalue weighted by atomic mass is 16.5. The summed E-state index contributed by atoms with van der Waals surface area (Å²) >= 11 is 0. The zero-order valence-electron chi connectivity index (χ0n) is 9.05. The fraction of sp³-hybridized carbons (Fsp3) is 0.167. The number of methoxy groups -OCH3 is 1. The van der Waals surface area contributed by atoms with Crippen LogP contribution in [0.15, 0.2) is 36.7 Å². The number of nitrogens with two attached hydrogens (primary N) is 1. The molecule has 82 valence electrons. The van der Waals surface area contributed by atoms with Crippen molar-refractivity contribution in [2.24, 2.45) is 0 Å². The van der Waals surface area contributed by atoms with E-state index in [9.17, 15) is 0 Å². The Labute approximate surface area is 94.1 Å². The molecule has 0 unspecified atom stereocenters. The molecule has 1 aromatic heterocycles. The van der Waals surface area contributed by atoms with Gasteiger partial charge in [-0.2, -0.15) is 0 Å². The van der Waals surface area contributed by atoms with Gasteiger partial charge in [0.1, 0.15) is 11.6 Å². The predicted octanol–water partition coefficient (Wildman–Crippen LogP) is 1.66. The molecular formula is C12H13N3O. The molecule has 0 bridgehead atoms. The summed E-state index contributed by atoms with van der Waals surface area (Å²) in [7, 11) is 1.65. The van der Waals surface area contributed by atoms with Crippen LogP contribution < -0.4 is 10.5 Å². The van der Waals surface area contributed by atoms with Gasteiger partial charge < -0.3 is 10.5 Å². The maximum Gasteiger partial charge on any atom is 0.145 e. The number of rotatable bonds is 3. The summed E-state index contributed by atoms with van der Waals surface area (Å²) in [5, 5.41) is 0. The first kappa shape index (κ1) is 10.4. The van der Waals surface area contributed by atoms with Gasteiger partial charge in [-0.05, 0) is 17.7 Å². The fourth-order valence-electron chi connectivity index (χ4n) is 1.45. The number of benzene rings is 1. The van der Waals surface area contributed by atoms with Gasteiger partial charge in [0.2, 0.25) is 0 Å². The Morgan fingerprint density at radius 2 is 1.81 bits per heavy atom. The normalized spacial score (nSPS) is 10.1. The van der Waals surface area contributed by atoms with Crippen LogP contribution in [0.1, 0.15) is 11.3 Å². The standard InChI is InChI=1S/C12H13N3O/c1-16-10-4-2-9(3-5-10)8-11-12(13)15-7-6-14-11/h2-7H,8H2,1H3,(H2,13,15). The van der Waals surface area contributed by atoms with Crippen LogP contribution in [0.25, 0.3) is 0 Å². The van der Waals surface area contributed by atoms with Crippen LogP contribution in [0, 0.1) is 0 Å². The molecule has 1 heterocycles. The van der Waals surface area contributed by atoms with Crippen LogP contribution in [-0.2, 0) is 6.42 Å². The van der Waals surface area contributed by atoms with Crippen LogP contribution in [0.5, 0.6) is 5.75 Å². The minimum atomic E-state index is 0.485. The van der Waals surface area contributed by atoms with Crippen LogP contribution in [-0.4, -0.2) is 17.1 Å². The lowest BCUT2D eigenvalue weighted by Crippen LogP contribution is -2.00. The maximum atomic E-state index is 5.73. The van der Waals surface area contributed by atoms with Crippen molar-refractivity contribution < 1.29 is 4.74 Å². The number of nitrogens with zero attached hydrogens (tertiary/aromatic N) is 2. The maximum absolute atomic E-state index is 5.73. The van der Waals surface area contributed by atoms with Crippen molar-refractivity contribution in [3.05, 3.63) is 47.9 Å². The summed E-state index contributed by atoms with van der Waals surface area (Å²) < 4.78 is 5.09. The summed E-state index contributed by atoms with van der Waals surface area (Å²) in [5.74, 6) is 1.33. The fourth-order valence-corrected chi connectivity index (χ4v) is 1.45. The Bertz CT molecular complexity index is 468. The van der Waals surface area contributed by atoms with E-state index in [-0.39, 0.29) is 0 Å². The van der Waals surface area contributed by atoms with Gasteiger partial charge in [-0.25, -0.2) is 4.98 Å². The molecule has 0 radical (unpaired) electrons. The van der Waals surface area contributed by atoms with Crippen LogP contribution >= 0.6 is 0 Å². The third kappa shape index (κ3) is 2.28. The molecule has 0 fully saturated rings. The van der Waals surface area contributed by atoms with E-state index in [1.165, 1.54) is 0 Å².